The number of hydrogen-bond acceptors (Lipinski definition) is 2. The lowest BCUT2D eigenvalue weighted by atomic mass is 9.97. The van der Waals surface area contributed by atoms with E-state index in [2.05, 4.69) is 47.4 Å². The highest BCUT2D eigenvalue weighted by Crippen LogP contribution is 2.30. The Hall–Kier alpha value is -1.45. The van der Waals surface area contributed by atoms with Crippen LogP contribution in [0.3, 0.4) is 0 Å². The van der Waals surface area contributed by atoms with Crippen LogP contribution >= 0.6 is 23.2 Å². The van der Waals surface area contributed by atoms with Crippen molar-refractivity contribution >= 4 is 39.8 Å². The van der Waals surface area contributed by atoms with Crippen molar-refractivity contribution in [1.82, 2.24) is 15.3 Å². The van der Waals surface area contributed by atoms with Gasteiger partial charge in [0.2, 0.25) is 0 Å². The third-order valence-electron chi connectivity index (χ3n) is 3.46. The van der Waals surface area contributed by atoms with Gasteiger partial charge in [0.25, 0.3) is 0 Å². The molecule has 0 aromatic carbocycles. The van der Waals surface area contributed by atoms with Crippen molar-refractivity contribution < 1.29 is 0 Å². The van der Waals surface area contributed by atoms with Crippen LogP contribution in [-0.2, 0) is 0 Å². The number of nitrogens with zero attached hydrogens (tertiary/aromatic N) is 1. The van der Waals surface area contributed by atoms with E-state index in [1.165, 1.54) is 0 Å². The Kier molecular flexibility index (Phi) is 3.96. The van der Waals surface area contributed by atoms with Crippen LogP contribution in [0.1, 0.15) is 25.8 Å². The van der Waals surface area contributed by atoms with Crippen LogP contribution in [0.4, 0.5) is 0 Å². The van der Waals surface area contributed by atoms with Crippen molar-refractivity contribution in [2.24, 2.45) is 0 Å². The Morgan fingerprint density at radius 1 is 1.43 bits per heavy atom. The molecule has 2 aromatic heterocycles. The number of rotatable bonds is 3. The minimum atomic E-state index is 0.00341. The molecule has 0 spiro atoms. The third-order valence-corrected chi connectivity index (χ3v) is 4.19. The van der Waals surface area contributed by atoms with Crippen molar-refractivity contribution in [2.45, 2.75) is 31.7 Å². The van der Waals surface area contributed by atoms with Gasteiger partial charge in [0, 0.05) is 35.1 Å². The molecule has 1 unspecified atom stereocenters. The number of aromatic nitrogens is 2. The molecule has 110 valence electrons. The summed E-state index contributed by atoms with van der Waals surface area (Å²) in [6.45, 7) is 4.21. The van der Waals surface area contributed by atoms with E-state index in [1.54, 1.807) is 6.20 Å². The molecule has 21 heavy (non-hydrogen) atoms. The summed E-state index contributed by atoms with van der Waals surface area (Å²) in [6.07, 6.45) is 8.67. The van der Waals surface area contributed by atoms with Crippen LogP contribution in [0.2, 0.25) is 5.02 Å². The van der Waals surface area contributed by atoms with Gasteiger partial charge in [-0.2, -0.15) is 0 Å². The van der Waals surface area contributed by atoms with Crippen molar-refractivity contribution in [3.8, 4) is 0 Å². The van der Waals surface area contributed by atoms with Crippen LogP contribution in [0.5, 0.6) is 0 Å². The van der Waals surface area contributed by atoms with Crippen LogP contribution in [-0.4, -0.2) is 21.4 Å². The molecule has 2 N–H and O–H groups in total. The molecular formula is C16H17Cl2N3. The van der Waals surface area contributed by atoms with Gasteiger partial charge in [0.15, 0.2) is 0 Å². The predicted molar refractivity (Wildman–Crippen MR) is 89.7 cm³/mol. The maximum absolute atomic E-state index is 6.37. The van der Waals surface area contributed by atoms with E-state index in [9.17, 15) is 0 Å². The zero-order chi connectivity index (χ0) is 15.0. The molecule has 3 rings (SSSR count). The van der Waals surface area contributed by atoms with Crippen molar-refractivity contribution in [3.63, 3.8) is 0 Å². The summed E-state index contributed by atoms with van der Waals surface area (Å²) in [5, 5.41) is 5.04. The molecule has 0 aliphatic heterocycles. The maximum atomic E-state index is 6.37. The molecule has 0 saturated heterocycles. The maximum Gasteiger partial charge on any atom is 0.138 e. The zero-order valence-electron chi connectivity index (χ0n) is 12.0. The number of hydrogen-bond donors (Lipinski definition) is 2. The molecular weight excluding hydrogens is 305 g/mol. The number of aromatic amines is 1. The molecule has 1 atom stereocenters. The number of allylic oxidation sites excluding steroid dienone is 4. The first-order valence-electron chi connectivity index (χ1n) is 7.00. The summed E-state index contributed by atoms with van der Waals surface area (Å²) in [6, 6.07) is 2.42. The minimum Gasteiger partial charge on any atom is -0.385 e. The molecule has 0 saturated carbocycles. The average Bonchev–Trinajstić information content (AvgIpc) is 2.82. The number of alkyl halides is 1. The van der Waals surface area contributed by atoms with Gasteiger partial charge in [0.05, 0.1) is 10.4 Å². The molecule has 2 aromatic rings. The lowest BCUT2D eigenvalue weighted by Crippen LogP contribution is -2.28. The molecule has 5 heteroatoms. The number of halogens is 2. The Labute approximate surface area is 134 Å². The second kappa shape index (κ2) is 5.74. The molecule has 1 aliphatic carbocycles. The van der Waals surface area contributed by atoms with E-state index in [0.717, 1.165) is 34.3 Å². The molecule has 1 aliphatic rings. The van der Waals surface area contributed by atoms with Crippen LogP contribution < -0.4 is 5.32 Å². The number of pyridine rings is 1. The quantitative estimate of drug-likeness (QED) is 0.817. The van der Waals surface area contributed by atoms with Crippen LogP contribution in [0.25, 0.3) is 16.6 Å². The SMILES string of the molecule is CC(C)NC1=CC(c2cnc3[nH]cc(Cl)c3c2)=CCC1Cl. The van der Waals surface area contributed by atoms with E-state index in [-0.39, 0.29) is 5.38 Å². The number of nitrogens with one attached hydrogen (secondary N) is 2. The van der Waals surface area contributed by atoms with E-state index in [1.807, 2.05) is 6.20 Å². The zero-order valence-corrected chi connectivity index (χ0v) is 13.5. The second-order valence-corrected chi connectivity index (χ2v) is 6.45. The topological polar surface area (TPSA) is 40.7 Å². The normalized spacial score (nSPS) is 18.8. The summed E-state index contributed by atoms with van der Waals surface area (Å²) in [4.78, 5) is 7.47. The summed E-state index contributed by atoms with van der Waals surface area (Å²) < 4.78 is 0. The van der Waals surface area contributed by atoms with E-state index < -0.39 is 0 Å². The van der Waals surface area contributed by atoms with Gasteiger partial charge in [-0.1, -0.05) is 17.7 Å². The lowest BCUT2D eigenvalue weighted by molar-refractivity contribution is 0.643. The first-order valence-corrected chi connectivity index (χ1v) is 7.81. The standard InChI is InChI=1S/C16H17Cl2N3/c1-9(2)21-15-6-10(3-4-13(15)17)11-5-12-14(18)8-20-16(12)19-7-11/h3,5-9,13,21H,4H2,1-2H3,(H,19,20). The van der Waals surface area contributed by atoms with Gasteiger partial charge in [-0.05, 0) is 38.0 Å². The Morgan fingerprint density at radius 3 is 3.00 bits per heavy atom. The average molecular weight is 322 g/mol. The highest BCUT2D eigenvalue weighted by Gasteiger charge is 2.17. The fourth-order valence-electron chi connectivity index (χ4n) is 2.47. The van der Waals surface area contributed by atoms with Crippen LogP contribution in [0.15, 0.2) is 36.3 Å². The van der Waals surface area contributed by atoms with E-state index >= 15 is 0 Å². The van der Waals surface area contributed by atoms with Crippen molar-refractivity contribution in [2.75, 3.05) is 0 Å². The second-order valence-electron chi connectivity index (χ2n) is 5.52. The molecule has 2 heterocycles. The predicted octanol–water partition coefficient (Wildman–Crippen LogP) is 4.49. The van der Waals surface area contributed by atoms with Crippen LogP contribution in [0, 0.1) is 0 Å². The Morgan fingerprint density at radius 2 is 2.24 bits per heavy atom. The van der Waals surface area contributed by atoms with Gasteiger partial charge < -0.3 is 10.3 Å². The monoisotopic (exact) mass is 321 g/mol. The largest absolute Gasteiger partial charge is 0.385 e. The molecule has 0 fully saturated rings. The summed E-state index contributed by atoms with van der Waals surface area (Å²) in [7, 11) is 0. The minimum absolute atomic E-state index is 0.00341. The first-order chi connectivity index (χ1) is 10.0. The third kappa shape index (κ3) is 2.94. The number of H-pyrrole nitrogens is 1. The summed E-state index contributed by atoms with van der Waals surface area (Å²) in [5.74, 6) is 0. The fraction of sp³-hybridized carbons (Fsp3) is 0.312. The van der Waals surface area contributed by atoms with Gasteiger partial charge in [0.1, 0.15) is 5.65 Å². The highest BCUT2D eigenvalue weighted by molar-refractivity contribution is 6.35. The van der Waals surface area contributed by atoms with Crippen molar-refractivity contribution in [1.29, 1.82) is 0 Å². The van der Waals surface area contributed by atoms with Crippen molar-refractivity contribution in [3.05, 3.63) is 46.9 Å². The highest BCUT2D eigenvalue weighted by atomic mass is 35.5. The van der Waals surface area contributed by atoms with Gasteiger partial charge >= 0.3 is 0 Å². The molecule has 3 nitrogen and oxygen atoms in total. The Balaban J connectivity index is 1.97. The molecule has 0 bridgehead atoms. The van der Waals surface area contributed by atoms with Gasteiger partial charge in [-0.3, -0.25) is 0 Å². The summed E-state index contributed by atoms with van der Waals surface area (Å²) >= 11 is 12.5. The van der Waals surface area contributed by atoms with Gasteiger partial charge in [-0.15, -0.1) is 11.6 Å². The molecule has 0 amide bonds. The fourth-order valence-corrected chi connectivity index (χ4v) is 2.88. The number of fused-ring (bicyclic) bond motifs is 1. The Bertz CT molecular complexity index is 728. The molecule has 0 radical (unpaired) electrons. The summed E-state index contributed by atoms with van der Waals surface area (Å²) in [5.41, 5.74) is 4.04. The first kappa shape index (κ1) is 14.5. The smallest absolute Gasteiger partial charge is 0.138 e. The van der Waals surface area contributed by atoms with E-state index in [4.69, 9.17) is 23.2 Å². The van der Waals surface area contributed by atoms with Gasteiger partial charge in [-0.25, -0.2) is 4.98 Å². The van der Waals surface area contributed by atoms with E-state index in [0.29, 0.717) is 11.1 Å². The lowest BCUT2D eigenvalue weighted by Gasteiger charge is -2.22.